The summed E-state index contributed by atoms with van der Waals surface area (Å²) in [5, 5.41) is 8.67. The van der Waals surface area contributed by atoms with Gasteiger partial charge in [0.25, 0.3) is 0 Å². The first-order valence-electron chi connectivity index (χ1n) is 3.31. The highest BCUT2D eigenvalue weighted by atomic mass is 16.3. The first-order chi connectivity index (χ1) is 4.26. The van der Waals surface area contributed by atoms with E-state index in [1.54, 1.807) is 0 Å². The first kappa shape index (κ1) is 8.88. The fourth-order valence-electron chi connectivity index (χ4n) is 0.736. The summed E-state index contributed by atoms with van der Waals surface area (Å²) in [6, 6.07) is 0.194. The lowest BCUT2D eigenvalue weighted by atomic mass is 10.3. The summed E-state index contributed by atoms with van der Waals surface area (Å²) in [4.78, 5) is 2.00. The van der Waals surface area contributed by atoms with Crippen molar-refractivity contribution >= 4 is 0 Å². The van der Waals surface area contributed by atoms with E-state index in [-0.39, 0.29) is 12.6 Å². The van der Waals surface area contributed by atoms with Crippen LogP contribution in [0, 0.1) is 0 Å². The van der Waals surface area contributed by atoms with Crippen molar-refractivity contribution in [1.29, 1.82) is 0 Å². The van der Waals surface area contributed by atoms with Crippen LogP contribution in [0.15, 0.2) is 0 Å². The van der Waals surface area contributed by atoms with Crippen molar-refractivity contribution in [3.63, 3.8) is 0 Å². The minimum atomic E-state index is 0.186. The van der Waals surface area contributed by atoms with Gasteiger partial charge in [0.2, 0.25) is 0 Å². The highest BCUT2D eigenvalue weighted by molar-refractivity contribution is 4.60. The Morgan fingerprint density at radius 3 is 2.33 bits per heavy atom. The lowest BCUT2D eigenvalue weighted by Crippen LogP contribution is -2.39. The zero-order valence-electron chi connectivity index (χ0n) is 6.17. The van der Waals surface area contributed by atoms with Crippen LogP contribution in [0.4, 0.5) is 0 Å². The molecule has 3 N–H and O–H groups in total. The molecule has 0 heterocycles. The van der Waals surface area contributed by atoms with Gasteiger partial charge in [0.1, 0.15) is 0 Å². The van der Waals surface area contributed by atoms with E-state index in [4.69, 9.17) is 10.8 Å². The second-order valence-corrected chi connectivity index (χ2v) is 2.12. The normalized spacial score (nSPS) is 14.3. The van der Waals surface area contributed by atoms with Crippen molar-refractivity contribution < 1.29 is 5.11 Å². The summed E-state index contributed by atoms with van der Waals surface area (Å²) in [6.45, 7) is 5.59. The average Bonchev–Trinajstić information content (AvgIpc) is 1.90. The van der Waals surface area contributed by atoms with Gasteiger partial charge in [-0.1, -0.05) is 6.92 Å². The second kappa shape index (κ2) is 4.73. The molecule has 0 saturated heterocycles. The van der Waals surface area contributed by atoms with Crippen LogP contribution in [0.5, 0.6) is 0 Å². The largest absolute Gasteiger partial charge is 0.395 e. The van der Waals surface area contributed by atoms with Gasteiger partial charge < -0.3 is 10.8 Å². The monoisotopic (exact) mass is 132 g/mol. The maximum absolute atomic E-state index is 8.67. The van der Waals surface area contributed by atoms with E-state index in [0.717, 1.165) is 6.54 Å². The van der Waals surface area contributed by atoms with Crippen LogP contribution in [0.3, 0.4) is 0 Å². The Kier molecular flexibility index (Phi) is 4.67. The quantitative estimate of drug-likeness (QED) is 0.512. The van der Waals surface area contributed by atoms with Crippen LogP contribution in [0.25, 0.3) is 0 Å². The standard InChI is InChI=1S/C6H16N2O/c1-3-8(5-7)6(2)4-9/h6,9H,3-5,7H2,1-2H3. The number of likely N-dealkylation sites (N-methyl/N-ethyl adjacent to an activating group) is 1. The number of rotatable bonds is 4. The average molecular weight is 132 g/mol. The molecule has 9 heavy (non-hydrogen) atoms. The van der Waals surface area contributed by atoms with E-state index in [1.807, 2.05) is 18.7 Å². The third-order valence-electron chi connectivity index (χ3n) is 1.53. The number of nitrogens with zero attached hydrogens (tertiary/aromatic N) is 1. The molecule has 0 fully saturated rings. The molecule has 56 valence electrons. The molecule has 0 aliphatic rings. The molecule has 3 heteroatoms. The summed E-state index contributed by atoms with van der Waals surface area (Å²) < 4.78 is 0. The van der Waals surface area contributed by atoms with Gasteiger partial charge >= 0.3 is 0 Å². The van der Waals surface area contributed by atoms with Gasteiger partial charge in [-0.3, -0.25) is 4.90 Å². The molecule has 3 nitrogen and oxygen atoms in total. The van der Waals surface area contributed by atoms with Crippen LogP contribution in [-0.4, -0.2) is 35.9 Å². The minimum absolute atomic E-state index is 0.186. The van der Waals surface area contributed by atoms with Crippen molar-refractivity contribution in [2.24, 2.45) is 5.73 Å². The summed E-state index contributed by atoms with van der Waals surface area (Å²) in [5.74, 6) is 0. The van der Waals surface area contributed by atoms with Crippen LogP contribution in [-0.2, 0) is 0 Å². The van der Waals surface area contributed by atoms with E-state index in [0.29, 0.717) is 6.67 Å². The predicted octanol–water partition coefficient (Wildman–Crippen LogP) is -0.395. The summed E-state index contributed by atoms with van der Waals surface area (Å²) >= 11 is 0. The molecule has 0 radical (unpaired) electrons. The van der Waals surface area contributed by atoms with Gasteiger partial charge in [-0.25, -0.2) is 0 Å². The molecule has 0 aliphatic carbocycles. The fraction of sp³-hybridized carbons (Fsp3) is 1.00. The maximum Gasteiger partial charge on any atom is 0.0584 e. The van der Waals surface area contributed by atoms with E-state index < -0.39 is 0 Å². The number of nitrogens with two attached hydrogens (primary N) is 1. The number of hydrogen-bond donors (Lipinski definition) is 2. The van der Waals surface area contributed by atoms with Crippen molar-refractivity contribution in [1.82, 2.24) is 4.90 Å². The van der Waals surface area contributed by atoms with E-state index in [1.165, 1.54) is 0 Å². The van der Waals surface area contributed by atoms with Crippen LogP contribution in [0.2, 0.25) is 0 Å². The molecule has 0 aromatic carbocycles. The molecular weight excluding hydrogens is 116 g/mol. The highest BCUT2D eigenvalue weighted by Gasteiger charge is 2.06. The second-order valence-electron chi connectivity index (χ2n) is 2.12. The molecule has 0 bridgehead atoms. The Balaban J connectivity index is 3.50. The zero-order chi connectivity index (χ0) is 7.28. The molecule has 0 aromatic rings. The Hall–Kier alpha value is -0.120. The zero-order valence-corrected chi connectivity index (χ0v) is 6.17. The molecule has 0 aliphatic heterocycles. The van der Waals surface area contributed by atoms with Crippen molar-refractivity contribution in [2.75, 3.05) is 19.8 Å². The van der Waals surface area contributed by atoms with Gasteiger partial charge in [0, 0.05) is 12.7 Å². The predicted molar refractivity (Wildman–Crippen MR) is 38.0 cm³/mol. The van der Waals surface area contributed by atoms with E-state index in [2.05, 4.69) is 0 Å². The van der Waals surface area contributed by atoms with Crippen molar-refractivity contribution in [3.05, 3.63) is 0 Å². The number of aliphatic hydroxyl groups is 1. The van der Waals surface area contributed by atoms with Crippen molar-refractivity contribution in [2.45, 2.75) is 19.9 Å². The Morgan fingerprint density at radius 2 is 2.22 bits per heavy atom. The van der Waals surface area contributed by atoms with Crippen LogP contribution in [0.1, 0.15) is 13.8 Å². The topological polar surface area (TPSA) is 49.5 Å². The first-order valence-corrected chi connectivity index (χ1v) is 3.31. The highest BCUT2D eigenvalue weighted by Crippen LogP contribution is 1.92. The molecular formula is C6H16N2O. The van der Waals surface area contributed by atoms with Crippen LogP contribution >= 0.6 is 0 Å². The summed E-state index contributed by atoms with van der Waals surface area (Å²) in [5.41, 5.74) is 5.37. The molecule has 0 aromatic heterocycles. The molecule has 0 amide bonds. The van der Waals surface area contributed by atoms with Gasteiger partial charge in [0.05, 0.1) is 6.61 Å². The Labute approximate surface area is 56.5 Å². The van der Waals surface area contributed by atoms with Gasteiger partial charge in [-0.15, -0.1) is 0 Å². The Bertz CT molecular complexity index is 64.1. The summed E-state index contributed by atoms with van der Waals surface area (Å²) in [7, 11) is 0. The Morgan fingerprint density at radius 1 is 1.67 bits per heavy atom. The summed E-state index contributed by atoms with van der Waals surface area (Å²) in [6.07, 6.45) is 0. The van der Waals surface area contributed by atoms with Gasteiger partial charge in [0.15, 0.2) is 0 Å². The van der Waals surface area contributed by atoms with Gasteiger partial charge in [-0.2, -0.15) is 0 Å². The number of hydrogen-bond acceptors (Lipinski definition) is 3. The number of aliphatic hydroxyl groups excluding tert-OH is 1. The minimum Gasteiger partial charge on any atom is -0.395 e. The third-order valence-corrected chi connectivity index (χ3v) is 1.53. The SMILES string of the molecule is CCN(CN)C(C)CO. The van der Waals surface area contributed by atoms with Gasteiger partial charge in [-0.05, 0) is 13.5 Å². The van der Waals surface area contributed by atoms with Crippen molar-refractivity contribution in [3.8, 4) is 0 Å². The molecule has 1 unspecified atom stereocenters. The molecule has 0 saturated carbocycles. The molecule has 0 rings (SSSR count). The fourth-order valence-corrected chi connectivity index (χ4v) is 0.736. The molecule has 0 spiro atoms. The lowest BCUT2D eigenvalue weighted by molar-refractivity contribution is 0.142. The van der Waals surface area contributed by atoms with E-state index in [9.17, 15) is 0 Å². The van der Waals surface area contributed by atoms with E-state index >= 15 is 0 Å². The maximum atomic E-state index is 8.67. The lowest BCUT2D eigenvalue weighted by Gasteiger charge is -2.23. The van der Waals surface area contributed by atoms with Crippen LogP contribution < -0.4 is 5.73 Å². The third kappa shape index (κ3) is 2.79. The smallest absolute Gasteiger partial charge is 0.0584 e. The molecule has 1 atom stereocenters.